The Morgan fingerprint density at radius 2 is 1.60 bits per heavy atom. The number of aliphatic hydroxyl groups excluding tert-OH is 1. The minimum Gasteiger partial charge on any atom is -0.508 e. The number of piperazine rings is 1. The van der Waals surface area contributed by atoms with E-state index in [-0.39, 0.29) is 17.9 Å². The Bertz CT molecular complexity index is 542. The van der Waals surface area contributed by atoms with E-state index in [1.807, 2.05) is 32.9 Å². The topological polar surface area (TPSA) is 73.2 Å². The van der Waals surface area contributed by atoms with Crippen LogP contribution in [0.4, 0.5) is 10.5 Å². The maximum atomic E-state index is 12.0. The van der Waals surface area contributed by atoms with Crippen molar-refractivity contribution < 1.29 is 19.7 Å². The number of phenolic OH excluding ortho intramolecular Hbond substituents is 1. The minimum absolute atomic E-state index is 0.0648. The SMILES string of the molecule is CC(C)(C)OC(=O)N1CCN(c2ccc(O)cc2)CC1.OC1CCC1. The van der Waals surface area contributed by atoms with E-state index in [2.05, 4.69) is 4.90 Å². The summed E-state index contributed by atoms with van der Waals surface area (Å²) in [4.78, 5) is 15.9. The number of ether oxygens (including phenoxy) is 1. The smallest absolute Gasteiger partial charge is 0.410 e. The van der Waals surface area contributed by atoms with Crippen LogP contribution in [0.3, 0.4) is 0 Å². The molecule has 0 bridgehead atoms. The van der Waals surface area contributed by atoms with Crippen LogP contribution >= 0.6 is 0 Å². The third-order valence-electron chi connectivity index (χ3n) is 4.22. The number of phenols is 1. The van der Waals surface area contributed by atoms with Crippen LogP contribution in [0.1, 0.15) is 40.0 Å². The van der Waals surface area contributed by atoms with Gasteiger partial charge in [0.2, 0.25) is 0 Å². The van der Waals surface area contributed by atoms with E-state index in [9.17, 15) is 9.90 Å². The normalized spacial score (nSPS) is 18.1. The Morgan fingerprint density at radius 3 is 2.00 bits per heavy atom. The second-order valence-electron chi connectivity index (χ2n) is 7.56. The number of nitrogens with zero attached hydrogens (tertiary/aromatic N) is 2. The van der Waals surface area contributed by atoms with Crippen molar-refractivity contribution in [2.45, 2.75) is 51.7 Å². The second-order valence-corrected chi connectivity index (χ2v) is 7.56. The zero-order chi connectivity index (χ0) is 18.4. The summed E-state index contributed by atoms with van der Waals surface area (Å²) in [5.74, 6) is 0.265. The number of aromatic hydroxyl groups is 1. The van der Waals surface area contributed by atoms with Gasteiger partial charge >= 0.3 is 6.09 Å². The lowest BCUT2D eigenvalue weighted by Crippen LogP contribution is -2.50. The predicted molar refractivity (Wildman–Crippen MR) is 98.0 cm³/mol. The Balaban J connectivity index is 0.000000386. The molecule has 0 atom stereocenters. The summed E-state index contributed by atoms with van der Waals surface area (Å²) >= 11 is 0. The number of hydrogen-bond acceptors (Lipinski definition) is 5. The fraction of sp³-hybridized carbons (Fsp3) is 0.632. The van der Waals surface area contributed by atoms with Gasteiger partial charge in [-0.1, -0.05) is 0 Å². The lowest BCUT2D eigenvalue weighted by molar-refractivity contribution is 0.0240. The summed E-state index contributed by atoms with van der Waals surface area (Å²) in [6.45, 7) is 8.45. The molecular formula is C19H30N2O4. The maximum Gasteiger partial charge on any atom is 0.410 e. The average molecular weight is 350 g/mol. The molecule has 0 radical (unpaired) electrons. The van der Waals surface area contributed by atoms with E-state index >= 15 is 0 Å². The molecule has 6 heteroatoms. The fourth-order valence-corrected chi connectivity index (χ4v) is 2.52. The molecule has 140 valence electrons. The summed E-state index contributed by atoms with van der Waals surface area (Å²) in [6.07, 6.45) is 3.14. The molecule has 25 heavy (non-hydrogen) atoms. The molecule has 0 unspecified atom stereocenters. The van der Waals surface area contributed by atoms with Gasteiger partial charge in [0, 0.05) is 31.9 Å². The highest BCUT2D eigenvalue weighted by atomic mass is 16.6. The standard InChI is InChI=1S/C15H22N2O3.C4H8O/c1-15(2,3)20-14(19)17-10-8-16(9-11-17)12-4-6-13(18)7-5-12;5-4-2-1-3-4/h4-7,18H,8-11H2,1-3H3;4-5H,1-3H2. The van der Waals surface area contributed by atoms with Gasteiger partial charge in [0.25, 0.3) is 0 Å². The van der Waals surface area contributed by atoms with Gasteiger partial charge in [-0.05, 0) is 64.3 Å². The summed E-state index contributed by atoms with van der Waals surface area (Å²) in [7, 11) is 0. The van der Waals surface area contributed by atoms with Gasteiger partial charge in [-0.2, -0.15) is 0 Å². The number of amides is 1. The number of rotatable bonds is 1. The van der Waals surface area contributed by atoms with Crippen molar-refractivity contribution in [3.63, 3.8) is 0 Å². The van der Waals surface area contributed by atoms with Crippen LogP contribution in [-0.2, 0) is 4.74 Å². The highest BCUT2D eigenvalue weighted by Gasteiger charge is 2.25. The van der Waals surface area contributed by atoms with Crippen LogP contribution in [0.15, 0.2) is 24.3 Å². The molecule has 1 aliphatic heterocycles. The third kappa shape index (κ3) is 6.46. The van der Waals surface area contributed by atoms with Crippen molar-refractivity contribution in [1.29, 1.82) is 0 Å². The zero-order valence-electron chi connectivity index (χ0n) is 15.4. The van der Waals surface area contributed by atoms with Crippen LogP contribution in [0.5, 0.6) is 5.75 Å². The highest BCUT2D eigenvalue weighted by molar-refractivity contribution is 5.68. The first-order chi connectivity index (χ1) is 11.7. The van der Waals surface area contributed by atoms with Gasteiger partial charge < -0.3 is 24.7 Å². The maximum absolute atomic E-state index is 12.0. The molecule has 0 spiro atoms. The number of hydrogen-bond donors (Lipinski definition) is 2. The Labute approximate surface area is 150 Å². The number of benzene rings is 1. The van der Waals surface area contributed by atoms with Crippen molar-refractivity contribution in [1.82, 2.24) is 4.90 Å². The van der Waals surface area contributed by atoms with Crippen LogP contribution in [0, 0.1) is 0 Å². The van der Waals surface area contributed by atoms with E-state index in [0.29, 0.717) is 13.1 Å². The molecule has 0 aromatic heterocycles. The minimum atomic E-state index is -0.453. The predicted octanol–water partition coefficient (Wildman–Crippen LogP) is 2.98. The average Bonchev–Trinajstić information content (AvgIpc) is 2.53. The summed E-state index contributed by atoms with van der Waals surface area (Å²) in [6, 6.07) is 7.13. The van der Waals surface area contributed by atoms with Crippen molar-refractivity contribution >= 4 is 11.8 Å². The molecule has 1 saturated carbocycles. The van der Waals surface area contributed by atoms with Crippen LogP contribution < -0.4 is 4.90 Å². The van der Waals surface area contributed by atoms with Crippen molar-refractivity contribution in [3.8, 4) is 5.75 Å². The lowest BCUT2D eigenvalue weighted by atomic mass is 9.97. The second kappa shape index (κ2) is 8.43. The molecule has 1 aromatic rings. The Hall–Kier alpha value is -1.95. The van der Waals surface area contributed by atoms with E-state index in [1.165, 1.54) is 6.42 Å². The van der Waals surface area contributed by atoms with E-state index in [0.717, 1.165) is 31.6 Å². The van der Waals surface area contributed by atoms with Gasteiger partial charge in [-0.3, -0.25) is 0 Å². The zero-order valence-corrected chi connectivity index (χ0v) is 15.4. The fourth-order valence-electron chi connectivity index (χ4n) is 2.52. The lowest BCUT2D eigenvalue weighted by Gasteiger charge is -2.36. The molecule has 2 fully saturated rings. The first-order valence-corrected chi connectivity index (χ1v) is 8.94. The molecule has 6 nitrogen and oxygen atoms in total. The molecule has 1 heterocycles. The molecular weight excluding hydrogens is 320 g/mol. The Morgan fingerprint density at radius 1 is 1.08 bits per heavy atom. The number of anilines is 1. The molecule has 2 aliphatic rings. The van der Waals surface area contributed by atoms with Gasteiger partial charge in [-0.25, -0.2) is 4.79 Å². The monoisotopic (exact) mass is 350 g/mol. The number of aliphatic hydroxyl groups is 1. The van der Waals surface area contributed by atoms with Gasteiger partial charge in [0.1, 0.15) is 11.4 Å². The van der Waals surface area contributed by atoms with E-state index < -0.39 is 5.60 Å². The first kappa shape index (κ1) is 19.4. The summed E-state index contributed by atoms with van der Waals surface area (Å²) in [5, 5.41) is 17.7. The van der Waals surface area contributed by atoms with E-state index in [4.69, 9.17) is 9.84 Å². The summed E-state index contributed by atoms with van der Waals surface area (Å²) < 4.78 is 5.37. The molecule has 1 saturated heterocycles. The molecule has 1 aromatic carbocycles. The highest BCUT2D eigenvalue weighted by Crippen LogP contribution is 2.20. The molecule has 3 rings (SSSR count). The third-order valence-corrected chi connectivity index (χ3v) is 4.22. The number of carbonyl (C=O) groups excluding carboxylic acids is 1. The largest absolute Gasteiger partial charge is 0.508 e. The first-order valence-electron chi connectivity index (χ1n) is 8.94. The van der Waals surface area contributed by atoms with Gasteiger partial charge in [0.05, 0.1) is 6.10 Å². The van der Waals surface area contributed by atoms with Gasteiger partial charge in [-0.15, -0.1) is 0 Å². The Kier molecular flexibility index (Phi) is 6.53. The quantitative estimate of drug-likeness (QED) is 0.815. The van der Waals surface area contributed by atoms with Crippen LogP contribution in [0.2, 0.25) is 0 Å². The summed E-state index contributed by atoms with van der Waals surface area (Å²) in [5.41, 5.74) is 0.609. The molecule has 1 amide bonds. The van der Waals surface area contributed by atoms with Crippen molar-refractivity contribution in [3.05, 3.63) is 24.3 Å². The molecule has 1 aliphatic carbocycles. The van der Waals surface area contributed by atoms with Crippen LogP contribution in [-0.4, -0.2) is 59.1 Å². The van der Waals surface area contributed by atoms with E-state index in [1.54, 1.807) is 17.0 Å². The van der Waals surface area contributed by atoms with Gasteiger partial charge in [0.15, 0.2) is 0 Å². The molecule has 2 N–H and O–H groups in total. The van der Waals surface area contributed by atoms with Crippen LogP contribution in [0.25, 0.3) is 0 Å². The van der Waals surface area contributed by atoms with Crippen molar-refractivity contribution in [2.24, 2.45) is 0 Å². The van der Waals surface area contributed by atoms with Crippen molar-refractivity contribution in [2.75, 3.05) is 31.1 Å². The number of carbonyl (C=O) groups is 1.